The summed E-state index contributed by atoms with van der Waals surface area (Å²) in [6, 6.07) is 11.9. The van der Waals surface area contributed by atoms with Crippen molar-refractivity contribution in [3.63, 3.8) is 0 Å². The molecule has 92 valence electrons. The highest BCUT2D eigenvalue weighted by atomic mass is 35.5. The summed E-state index contributed by atoms with van der Waals surface area (Å²) in [6.07, 6.45) is 0. The quantitative estimate of drug-likeness (QED) is 0.742. The minimum atomic E-state index is -1.04. The van der Waals surface area contributed by atoms with Crippen molar-refractivity contribution in [1.82, 2.24) is 0 Å². The maximum absolute atomic E-state index is 10.8. The number of para-hydroxylation sites is 1. The smallest absolute Gasteiger partial charge is 0.337 e. The Kier molecular flexibility index (Phi) is 3.39. The van der Waals surface area contributed by atoms with Gasteiger partial charge in [-0.15, -0.1) is 0 Å². The van der Waals surface area contributed by atoms with Crippen LogP contribution in [-0.4, -0.2) is 11.1 Å². The van der Waals surface area contributed by atoms with Crippen LogP contribution < -0.4 is 11.1 Å². The lowest BCUT2D eigenvalue weighted by Crippen LogP contribution is -2.03. The van der Waals surface area contributed by atoms with Crippen LogP contribution in [-0.2, 0) is 0 Å². The van der Waals surface area contributed by atoms with Crippen molar-refractivity contribution < 1.29 is 9.90 Å². The first-order chi connectivity index (χ1) is 8.58. The van der Waals surface area contributed by atoms with Gasteiger partial charge in [-0.3, -0.25) is 0 Å². The van der Waals surface area contributed by atoms with E-state index in [1.54, 1.807) is 18.2 Å². The molecule has 0 aliphatic rings. The van der Waals surface area contributed by atoms with Gasteiger partial charge in [-0.25, -0.2) is 4.79 Å². The Morgan fingerprint density at radius 3 is 2.56 bits per heavy atom. The molecule has 5 heteroatoms. The minimum absolute atomic E-state index is 0.0831. The molecule has 0 bridgehead atoms. The maximum atomic E-state index is 10.8. The summed E-state index contributed by atoms with van der Waals surface area (Å²) in [5.74, 6) is -1.04. The zero-order valence-corrected chi connectivity index (χ0v) is 10.1. The second-order valence-corrected chi connectivity index (χ2v) is 4.12. The molecule has 18 heavy (non-hydrogen) atoms. The first kappa shape index (κ1) is 12.3. The summed E-state index contributed by atoms with van der Waals surface area (Å²) in [5.41, 5.74) is 7.37. The van der Waals surface area contributed by atoms with Crippen LogP contribution in [0.15, 0.2) is 42.5 Å². The number of rotatable bonds is 3. The minimum Gasteiger partial charge on any atom is -0.478 e. The largest absolute Gasteiger partial charge is 0.478 e. The van der Waals surface area contributed by atoms with Gasteiger partial charge in [0.05, 0.1) is 16.3 Å². The van der Waals surface area contributed by atoms with Gasteiger partial charge in [0.15, 0.2) is 0 Å². The Hall–Kier alpha value is -2.20. The molecule has 0 atom stereocenters. The van der Waals surface area contributed by atoms with E-state index >= 15 is 0 Å². The van der Waals surface area contributed by atoms with E-state index in [2.05, 4.69) is 5.32 Å². The fourth-order valence-corrected chi connectivity index (χ4v) is 1.74. The Bertz CT molecular complexity index is 599. The third-order valence-corrected chi connectivity index (χ3v) is 2.76. The number of hydrogen-bond donors (Lipinski definition) is 3. The van der Waals surface area contributed by atoms with Gasteiger partial charge in [0.25, 0.3) is 0 Å². The number of aromatic carboxylic acids is 1. The van der Waals surface area contributed by atoms with E-state index in [-0.39, 0.29) is 11.3 Å². The summed E-state index contributed by atoms with van der Waals surface area (Å²) < 4.78 is 0. The van der Waals surface area contributed by atoms with Gasteiger partial charge in [0.2, 0.25) is 0 Å². The predicted octanol–water partition coefficient (Wildman–Crippen LogP) is 3.36. The molecular weight excluding hydrogens is 252 g/mol. The van der Waals surface area contributed by atoms with Crippen molar-refractivity contribution in [1.29, 1.82) is 0 Å². The average molecular weight is 263 g/mol. The van der Waals surface area contributed by atoms with Gasteiger partial charge < -0.3 is 16.2 Å². The highest BCUT2D eigenvalue weighted by Crippen LogP contribution is 2.26. The summed E-state index contributed by atoms with van der Waals surface area (Å²) in [4.78, 5) is 10.8. The third-order valence-electron chi connectivity index (χ3n) is 2.43. The molecule has 4 nitrogen and oxygen atoms in total. The summed E-state index contributed by atoms with van der Waals surface area (Å²) in [6.45, 7) is 0. The summed E-state index contributed by atoms with van der Waals surface area (Å²) in [5, 5.41) is 12.5. The standard InChI is InChI=1S/C13H11ClN2O2/c14-10-3-1-2-4-12(10)16-8-5-6-9(13(17)18)11(15)7-8/h1-7,16H,15H2,(H,17,18). The van der Waals surface area contributed by atoms with Crippen molar-refractivity contribution in [2.24, 2.45) is 0 Å². The van der Waals surface area contributed by atoms with Crippen LogP contribution in [0.4, 0.5) is 17.1 Å². The van der Waals surface area contributed by atoms with Crippen LogP contribution in [0.5, 0.6) is 0 Å². The van der Waals surface area contributed by atoms with E-state index in [9.17, 15) is 4.79 Å². The molecule has 2 aromatic rings. The Labute approximate surface area is 109 Å². The first-order valence-electron chi connectivity index (χ1n) is 5.22. The Morgan fingerprint density at radius 1 is 1.22 bits per heavy atom. The van der Waals surface area contributed by atoms with E-state index in [4.69, 9.17) is 22.4 Å². The van der Waals surface area contributed by atoms with Gasteiger partial charge in [0, 0.05) is 11.4 Å². The SMILES string of the molecule is Nc1cc(Nc2ccccc2Cl)ccc1C(=O)O. The van der Waals surface area contributed by atoms with Gasteiger partial charge in [-0.2, -0.15) is 0 Å². The van der Waals surface area contributed by atoms with E-state index in [1.165, 1.54) is 6.07 Å². The maximum Gasteiger partial charge on any atom is 0.337 e. The number of benzene rings is 2. The van der Waals surface area contributed by atoms with E-state index < -0.39 is 5.97 Å². The van der Waals surface area contributed by atoms with E-state index in [1.807, 2.05) is 18.2 Å². The number of nitrogens with one attached hydrogen (secondary N) is 1. The van der Waals surface area contributed by atoms with Crippen LogP contribution in [0, 0.1) is 0 Å². The summed E-state index contributed by atoms with van der Waals surface area (Å²) in [7, 11) is 0. The zero-order valence-electron chi connectivity index (χ0n) is 9.35. The van der Waals surface area contributed by atoms with Gasteiger partial charge in [-0.1, -0.05) is 23.7 Å². The lowest BCUT2D eigenvalue weighted by atomic mass is 10.1. The van der Waals surface area contributed by atoms with Gasteiger partial charge in [0.1, 0.15) is 0 Å². The molecule has 0 spiro atoms. The molecular formula is C13H11ClN2O2. The van der Waals surface area contributed by atoms with Gasteiger partial charge in [-0.05, 0) is 30.3 Å². The molecule has 0 fully saturated rings. The molecule has 0 heterocycles. The second kappa shape index (κ2) is 4.98. The number of nitrogens with two attached hydrogens (primary N) is 1. The molecule has 0 unspecified atom stereocenters. The highest BCUT2D eigenvalue weighted by Gasteiger charge is 2.08. The van der Waals surface area contributed by atoms with Crippen LogP contribution >= 0.6 is 11.6 Å². The number of carbonyl (C=O) groups is 1. The van der Waals surface area contributed by atoms with Crippen molar-refractivity contribution in [2.75, 3.05) is 11.1 Å². The van der Waals surface area contributed by atoms with Crippen LogP contribution in [0.2, 0.25) is 5.02 Å². The van der Waals surface area contributed by atoms with Crippen LogP contribution in [0.1, 0.15) is 10.4 Å². The molecule has 0 aliphatic carbocycles. The molecule has 0 saturated heterocycles. The van der Waals surface area contributed by atoms with Crippen LogP contribution in [0.25, 0.3) is 0 Å². The molecule has 0 aliphatic heterocycles. The van der Waals surface area contributed by atoms with Crippen molar-refractivity contribution >= 4 is 34.6 Å². The Balaban J connectivity index is 2.29. The number of halogens is 1. The fraction of sp³-hybridized carbons (Fsp3) is 0. The zero-order chi connectivity index (χ0) is 13.1. The fourth-order valence-electron chi connectivity index (χ4n) is 1.55. The van der Waals surface area contributed by atoms with E-state index in [0.717, 1.165) is 5.69 Å². The molecule has 0 radical (unpaired) electrons. The van der Waals surface area contributed by atoms with Crippen molar-refractivity contribution in [3.8, 4) is 0 Å². The molecule has 4 N–H and O–H groups in total. The molecule has 2 rings (SSSR count). The van der Waals surface area contributed by atoms with Crippen LogP contribution in [0.3, 0.4) is 0 Å². The van der Waals surface area contributed by atoms with Crippen molar-refractivity contribution in [2.45, 2.75) is 0 Å². The number of nitrogen functional groups attached to an aromatic ring is 1. The highest BCUT2D eigenvalue weighted by molar-refractivity contribution is 6.33. The third kappa shape index (κ3) is 2.55. The number of hydrogen-bond acceptors (Lipinski definition) is 3. The first-order valence-corrected chi connectivity index (χ1v) is 5.60. The molecule has 0 amide bonds. The number of carboxylic acid groups (broad SMARTS) is 1. The predicted molar refractivity (Wildman–Crippen MR) is 72.5 cm³/mol. The monoisotopic (exact) mass is 262 g/mol. The van der Waals surface area contributed by atoms with Crippen molar-refractivity contribution in [3.05, 3.63) is 53.1 Å². The molecule has 2 aromatic carbocycles. The molecule has 0 saturated carbocycles. The topological polar surface area (TPSA) is 75.3 Å². The lowest BCUT2D eigenvalue weighted by molar-refractivity contribution is 0.0698. The number of anilines is 3. The Morgan fingerprint density at radius 2 is 1.94 bits per heavy atom. The van der Waals surface area contributed by atoms with Gasteiger partial charge >= 0.3 is 5.97 Å². The average Bonchev–Trinajstić information content (AvgIpc) is 2.32. The normalized spacial score (nSPS) is 10.1. The molecule has 0 aromatic heterocycles. The van der Waals surface area contributed by atoms with E-state index in [0.29, 0.717) is 10.7 Å². The summed E-state index contributed by atoms with van der Waals surface area (Å²) >= 11 is 6.01. The lowest BCUT2D eigenvalue weighted by Gasteiger charge is -2.09. The number of carboxylic acids is 1. The second-order valence-electron chi connectivity index (χ2n) is 3.71.